The number of hydrogen-bond donors (Lipinski definition) is 1. The van der Waals surface area contributed by atoms with Gasteiger partial charge in [0.15, 0.2) is 0 Å². The quantitative estimate of drug-likeness (QED) is 0.190. The van der Waals surface area contributed by atoms with Gasteiger partial charge in [-0.25, -0.2) is 4.98 Å². The van der Waals surface area contributed by atoms with E-state index in [2.05, 4.69) is 145 Å². The Hall–Kier alpha value is -5.06. The molecule has 0 bridgehead atoms. The molecule has 4 heteroatoms. The summed E-state index contributed by atoms with van der Waals surface area (Å²) in [5.41, 5.74) is 9.96. The summed E-state index contributed by atoms with van der Waals surface area (Å²) in [6.07, 6.45) is 1.80. The SMILES string of the molecule is CC(C)(C)c1cc(C=Nc2ccccc2-c2nc3c(-c4ccc(-c5ccc6ccccc6c5)cc4)cccc3s2)c(O)c(C(C)(C)C)c1. The molecule has 0 amide bonds. The van der Waals surface area contributed by atoms with Crippen molar-refractivity contribution in [3.63, 3.8) is 0 Å². The Morgan fingerprint density at radius 3 is 2.04 bits per heavy atom. The van der Waals surface area contributed by atoms with Crippen LogP contribution in [-0.4, -0.2) is 16.3 Å². The van der Waals surface area contributed by atoms with E-state index < -0.39 is 0 Å². The number of hydrogen-bond acceptors (Lipinski definition) is 4. The van der Waals surface area contributed by atoms with Gasteiger partial charge in [0.05, 0.1) is 15.9 Å². The van der Waals surface area contributed by atoms with E-state index in [4.69, 9.17) is 9.98 Å². The minimum absolute atomic E-state index is 0.0658. The maximum Gasteiger partial charge on any atom is 0.128 e. The van der Waals surface area contributed by atoms with Crippen LogP contribution in [0.1, 0.15) is 58.2 Å². The largest absolute Gasteiger partial charge is 0.507 e. The number of rotatable bonds is 5. The third-order valence-electron chi connectivity index (χ3n) is 8.99. The number of phenols is 1. The van der Waals surface area contributed by atoms with E-state index in [0.717, 1.165) is 48.7 Å². The molecular formula is C44H40N2OS. The van der Waals surface area contributed by atoms with Crippen LogP contribution in [0.2, 0.25) is 0 Å². The van der Waals surface area contributed by atoms with Gasteiger partial charge < -0.3 is 5.11 Å². The Bertz CT molecular complexity index is 2310. The van der Waals surface area contributed by atoms with Crippen molar-refractivity contribution >= 4 is 44.2 Å². The first kappa shape index (κ1) is 31.5. The van der Waals surface area contributed by atoms with E-state index in [1.807, 2.05) is 18.2 Å². The van der Waals surface area contributed by atoms with Crippen LogP contribution in [0.25, 0.3) is 53.8 Å². The summed E-state index contributed by atoms with van der Waals surface area (Å²) < 4.78 is 1.13. The van der Waals surface area contributed by atoms with E-state index >= 15 is 0 Å². The van der Waals surface area contributed by atoms with Crippen molar-refractivity contribution in [3.8, 4) is 38.6 Å². The molecule has 1 N–H and O–H groups in total. The van der Waals surface area contributed by atoms with Crippen LogP contribution in [0, 0.1) is 0 Å². The van der Waals surface area contributed by atoms with E-state index in [1.165, 1.54) is 27.5 Å². The second-order valence-corrected chi connectivity index (χ2v) is 15.6. The number of benzene rings is 6. The molecule has 1 aromatic heterocycles. The van der Waals surface area contributed by atoms with Crippen molar-refractivity contribution in [1.82, 2.24) is 4.98 Å². The van der Waals surface area contributed by atoms with Crippen molar-refractivity contribution in [1.29, 1.82) is 0 Å². The number of phenolic OH excluding ortho intramolecular Hbond substituents is 1. The maximum atomic E-state index is 11.3. The van der Waals surface area contributed by atoms with Crippen molar-refractivity contribution < 1.29 is 5.11 Å². The molecule has 0 aliphatic rings. The lowest BCUT2D eigenvalue weighted by Crippen LogP contribution is -2.17. The van der Waals surface area contributed by atoms with Crippen molar-refractivity contribution in [2.45, 2.75) is 52.4 Å². The third kappa shape index (κ3) is 6.16. The predicted octanol–water partition coefficient (Wildman–Crippen LogP) is 12.5. The Morgan fingerprint density at radius 2 is 1.29 bits per heavy atom. The fourth-order valence-electron chi connectivity index (χ4n) is 6.17. The second kappa shape index (κ2) is 12.2. The first-order valence-corrected chi connectivity index (χ1v) is 17.3. The van der Waals surface area contributed by atoms with Gasteiger partial charge in [0, 0.05) is 28.5 Å². The molecule has 6 aromatic carbocycles. The summed E-state index contributed by atoms with van der Waals surface area (Å²) >= 11 is 1.68. The zero-order valence-electron chi connectivity index (χ0n) is 28.4. The highest BCUT2D eigenvalue weighted by atomic mass is 32.1. The minimum atomic E-state index is -0.207. The Morgan fingerprint density at radius 1 is 0.625 bits per heavy atom. The van der Waals surface area contributed by atoms with Gasteiger partial charge in [0.25, 0.3) is 0 Å². The third-order valence-corrected chi connectivity index (χ3v) is 10.0. The van der Waals surface area contributed by atoms with E-state index in [1.54, 1.807) is 17.6 Å². The van der Waals surface area contributed by atoms with Gasteiger partial charge in [-0.3, -0.25) is 4.99 Å². The predicted molar refractivity (Wildman–Crippen MR) is 206 cm³/mol. The van der Waals surface area contributed by atoms with Crippen molar-refractivity contribution in [3.05, 3.63) is 138 Å². The van der Waals surface area contributed by atoms with Crippen molar-refractivity contribution in [2.75, 3.05) is 0 Å². The molecule has 0 saturated heterocycles. The number of fused-ring (bicyclic) bond motifs is 2. The summed E-state index contributed by atoms with van der Waals surface area (Å²) in [6, 6.07) is 42.6. The van der Waals surface area contributed by atoms with Crippen LogP contribution >= 0.6 is 11.3 Å². The number of thiazole rings is 1. The number of nitrogens with zero attached hydrogens (tertiary/aromatic N) is 2. The number of para-hydroxylation sites is 2. The topological polar surface area (TPSA) is 45.5 Å². The van der Waals surface area contributed by atoms with E-state index in [-0.39, 0.29) is 16.6 Å². The molecule has 3 nitrogen and oxygen atoms in total. The Balaban J connectivity index is 1.23. The van der Waals surface area contributed by atoms with Crippen LogP contribution in [0.3, 0.4) is 0 Å². The number of aliphatic imine (C=N–C) groups is 1. The van der Waals surface area contributed by atoms with Crippen LogP contribution in [-0.2, 0) is 10.8 Å². The summed E-state index contributed by atoms with van der Waals surface area (Å²) in [6.45, 7) is 13.0. The number of aromatic hydroxyl groups is 1. The first-order valence-electron chi connectivity index (χ1n) is 16.5. The molecule has 0 saturated carbocycles. The van der Waals surface area contributed by atoms with Crippen molar-refractivity contribution in [2.24, 2.45) is 4.99 Å². The van der Waals surface area contributed by atoms with Gasteiger partial charge in [0.2, 0.25) is 0 Å². The molecule has 0 fully saturated rings. The number of aromatic nitrogens is 1. The summed E-state index contributed by atoms with van der Waals surface area (Å²) in [7, 11) is 0. The van der Waals surface area contributed by atoms with Crippen LogP contribution in [0.4, 0.5) is 5.69 Å². The van der Waals surface area contributed by atoms with Gasteiger partial charge in [-0.05, 0) is 74.2 Å². The zero-order chi connectivity index (χ0) is 33.6. The lowest BCUT2D eigenvalue weighted by atomic mass is 9.79. The van der Waals surface area contributed by atoms with Gasteiger partial charge in [-0.2, -0.15) is 0 Å². The highest BCUT2D eigenvalue weighted by molar-refractivity contribution is 7.21. The second-order valence-electron chi connectivity index (χ2n) is 14.5. The summed E-state index contributed by atoms with van der Waals surface area (Å²) in [4.78, 5) is 10.1. The summed E-state index contributed by atoms with van der Waals surface area (Å²) in [5, 5.41) is 14.7. The molecule has 0 aliphatic carbocycles. The molecular weight excluding hydrogens is 605 g/mol. The highest BCUT2D eigenvalue weighted by Gasteiger charge is 2.24. The molecule has 48 heavy (non-hydrogen) atoms. The fourth-order valence-corrected chi connectivity index (χ4v) is 7.20. The van der Waals surface area contributed by atoms with Crippen LogP contribution in [0.5, 0.6) is 5.75 Å². The van der Waals surface area contributed by atoms with E-state index in [9.17, 15) is 5.11 Å². The van der Waals surface area contributed by atoms with Crippen LogP contribution in [0.15, 0.2) is 126 Å². The molecule has 7 rings (SSSR count). The average molecular weight is 645 g/mol. The van der Waals surface area contributed by atoms with Gasteiger partial charge in [0.1, 0.15) is 10.8 Å². The smallest absolute Gasteiger partial charge is 0.128 e. The molecule has 0 aliphatic heterocycles. The molecule has 0 spiro atoms. The fraction of sp³-hybridized carbons (Fsp3) is 0.182. The van der Waals surface area contributed by atoms with Gasteiger partial charge in [-0.15, -0.1) is 11.3 Å². The Labute approximate surface area is 287 Å². The standard InChI is InChI=1S/C44H40N2OS/c1-43(2,3)34-25-33(41(47)37(26-34)44(4,5)6)27-45-38-16-10-9-14-36(38)42-46-40-35(15-11-17-39(40)48-42)30-21-18-29(19-22-30)32-23-20-28-12-7-8-13-31(28)24-32/h7-27,47H,1-6H3. The van der Waals surface area contributed by atoms with Gasteiger partial charge >= 0.3 is 0 Å². The van der Waals surface area contributed by atoms with Crippen LogP contribution < -0.4 is 0 Å². The van der Waals surface area contributed by atoms with Gasteiger partial charge in [-0.1, -0.05) is 133 Å². The first-order chi connectivity index (χ1) is 23.0. The minimum Gasteiger partial charge on any atom is -0.507 e. The normalized spacial score (nSPS) is 12.4. The lowest BCUT2D eigenvalue weighted by molar-refractivity contribution is 0.444. The average Bonchev–Trinajstić information content (AvgIpc) is 3.51. The summed E-state index contributed by atoms with van der Waals surface area (Å²) in [5.74, 6) is 0.285. The lowest BCUT2D eigenvalue weighted by Gasteiger charge is -2.27. The zero-order valence-corrected chi connectivity index (χ0v) is 29.2. The Kier molecular flexibility index (Phi) is 8.01. The molecule has 1 heterocycles. The molecule has 7 aromatic rings. The molecule has 0 radical (unpaired) electrons. The maximum absolute atomic E-state index is 11.3. The molecule has 238 valence electrons. The highest BCUT2D eigenvalue weighted by Crippen LogP contribution is 2.41. The van der Waals surface area contributed by atoms with E-state index in [0.29, 0.717) is 0 Å². The molecule has 0 atom stereocenters. The molecule has 0 unspecified atom stereocenters. The monoisotopic (exact) mass is 644 g/mol.